The van der Waals surface area contributed by atoms with Gasteiger partial charge in [-0.2, -0.15) is 0 Å². The molecular weight excluding hydrogens is 1710 g/mol. The van der Waals surface area contributed by atoms with E-state index in [2.05, 4.69) is 47.2 Å². The van der Waals surface area contributed by atoms with E-state index in [0.717, 1.165) is 117 Å². The number of aliphatic hydroxyl groups is 15. The summed E-state index contributed by atoms with van der Waals surface area (Å²) in [7, 11) is 1.38. The van der Waals surface area contributed by atoms with Gasteiger partial charge in [0.2, 0.25) is 53.7 Å². The molecule has 0 aromatic heterocycles. The van der Waals surface area contributed by atoms with Crippen LogP contribution in [0.2, 0.25) is 20.1 Å². The molecule has 8 aliphatic rings. The second kappa shape index (κ2) is 37.4. The van der Waals surface area contributed by atoms with Crippen LogP contribution >= 0.6 is 46.4 Å². The van der Waals surface area contributed by atoms with Crippen molar-refractivity contribution in [3.8, 4) is 80.1 Å². The van der Waals surface area contributed by atoms with E-state index in [1.165, 1.54) is 25.2 Å². The summed E-state index contributed by atoms with van der Waals surface area (Å²) < 4.78 is 43.9. The van der Waals surface area contributed by atoms with Gasteiger partial charge in [0.05, 0.1) is 26.7 Å². The molecule has 0 spiro atoms. The summed E-state index contributed by atoms with van der Waals surface area (Å²) in [5.74, 6) is -20.7. The van der Waals surface area contributed by atoms with Gasteiger partial charge in [-0.3, -0.25) is 0 Å². The van der Waals surface area contributed by atoms with Crippen molar-refractivity contribution in [1.82, 2.24) is 5.32 Å². The Bertz CT molecular complexity index is 5420. The van der Waals surface area contributed by atoms with E-state index >= 15 is 0 Å². The Morgan fingerprint density at radius 2 is 1.08 bits per heavy atom. The fourth-order valence-corrected chi connectivity index (χ4v) is 15.7. The molecule has 7 aromatic carbocycles. The first-order chi connectivity index (χ1) is 58.6. The van der Waals surface area contributed by atoms with Crippen molar-refractivity contribution >= 4 is 99.6 Å². The molecule has 42 heteroatoms. The highest BCUT2D eigenvalue weighted by Gasteiger charge is 2.51. The Morgan fingerprint density at radius 3 is 1.75 bits per heavy atom. The van der Waals surface area contributed by atoms with E-state index in [4.69, 9.17) is 79.6 Å². The fraction of sp³-hybridized carbons (Fsp3) is 0.370. The number of carboxylic acids is 2. The lowest BCUT2D eigenvalue weighted by atomic mass is 9.90. The molecule has 8 heterocycles. The number of phenolic OH excluding ortho intramolecular Hbond substituents is 4. The number of unbranched alkanes of at least 4 members (excludes halogenated alkanes) is 6. The van der Waals surface area contributed by atoms with Crippen molar-refractivity contribution in [3.05, 3.63) is 162 Å². The van der Waals surface area contributed by atoms with Gasteiger partial charge >= 0.3 is 11.9 Å². The van der Waals surface area contributed by atoms with Gasteiger partial charge in [-0.15, -0.1) is 0 Å². The number of carbonyl (C=O) groups is 2. The van der Waals surface area contributed by atoms with Gasteiger partial charge in [-0.05, 0) is 114 Å². The third-order valence-electron chi connectivity index (χ3n) is 21.0. The van der Waals surface area contributed by atoms with Gasteiger partial charge in [0.1, 0.15) is 95.4 Å². The van der Waals surface area contributed by atoms with E-state index < -0.39 is 298 Å². The van der Waals surface area contributed by atoms with E-state index in [1.807, 2.05) is 0 Å². The molecule has 123 heavy (non-hydrogen) atoms. The van der Waals surface area contributed by atoms with Crippen LogP contribution in [-0.2, 0) is 19.1 Å². The molecule has 0 radical (unpaired) electrons. The lowest BCUT2D eigenvalue weighted by Gasteiger charge is -2.39. The molecule has 7 aromatic rings. The maximum atomic E-state index is 13.9. The number of halogens is 4. The standard InChI is InChI=1S/C81H82Cl4N8O30/c1-3-4-5-6-7-8-9-10-51(99)87-61-65(103)67(105)71(79(115)116)123-80(61)122-70-48-22-32-23-49(70)119-69-40(83)19-33(20-41(69)84)63(101)60-77(112)91-58(78(113)114)37-24-34(95)25-47(120-81-68(106)66(104)64(102)50(28-94)121-81)52(37)36-17-29(11-14-42(36)96)55(73(108)93-60)88-74(109)56(32)89-75(110)57-38-26-35(27-44(98)53(38)85)117-46-21-30(12-15-43(46)97)54(86-2)72(107)92-59(76(111)90-57)62(100)31-13-16-45(118-48)39(82)18-31/h11-27,50,54-68,71,80-81,86,94-98,100-106H,3-10,28H2,1-2H3,(H,87,99)(H,88,109)(H,89,110)(H,90,111)(H,91,112)(H,92,107)(H,93,108)(H,113,114)(H,115,116). The number of aliphatic imine (C=N–C) groups is 7. The number of fused-ring (bicyclic) bond motifs is 12. The zero-order chi connectivity index (χ0) is 88.6. The summed E-state index contributed by atoms with van der Waals surface area (Å²) in [6.45, 7) is 1.05. The Labute approximate surface area is 716 Å². The molecule has 15 rings (SSSR count). The van der Waals surface area contributed by atoms with Gasteiger partial charge in [0.25, 0.3) is 0 Å². The topological polar surface area (TPSA) is 622 Å². The van der Waals surface area contributed by atoms with Gasteiger partial charge in [-0.1, -0.05) is 110 Å². The number of hydrogen-bond acceptors (Lipinski definition) is 29. The van der Waals surface area contributed by atoms with Crippen LogP contribution in [0.4, 0.5) is 0 Å². The maximum Gasteiger partial charge on any atom is 0.335 e. The van der Waals surface area contributed by atoms with E-state index in [9.17, 15) is 117 Å². The number of phenols is 4. The average molecular weight is 1790 g/mol. The predicted octanol–water partition coefficient (Wildman–Crippen LogP) is 10.2. The number of nitrogens with zero attached hydrogens (tertiary/aromatic N) is 7. The zero-order valence-corrected chi connectivity index (χ0v) is 67.4. The number of ether oxygens (including phenoxy) is 7. The highest BCUT2D eigenvalue weighted by molar-refractivity contribution is 6.37. The fourth-order valence-electron chi connectivity index (χ4n) is 14.7. The predicted molar refractivity (Wildman–Crippen MR) is 439 cm³/mol. The van der Waals surface area contributed by atoms with Crippen molar-refractivity contribution in [3.63, 3.8) is 0 Å². The highest BCUT2D eigenvalue weighted by atomic mass is 35.5. The second-order valence-corrected chi connectivity index (χ2v) is 31.0. The summed E-state index contributed by atoms with van der Waals surface area (Å²) in [4.78, 5) is 57.5. The minimum absolute atomic E-state index is 0.125. The Morgan fingerprint density at radius 1 is 0.488 bits per heavy atom. The molecule has 19 atom stereocenters. The van der Waals surface area contributed by atoms with Crippen LogP contribution in [-0.4, -0.2) is 248 Å². The Kier molecular flexibility index (Phi) is 27.2. The molecule has 8 aliphatic heterocycles. The summed E-state index contributed by atoms with van der Waals surface area (Å²) >= 11 is 28.6. The highest BCUT2D eigenvalue weighted by Crippen LogP contribution is 2.53. The lowest BCUT2D eigenvalue weighted by molar-refractivity contribution is -0.277. The first kappa shape index (κ1) is 89.4. The molecule has 0 amide bonds. The van der Waals surface area contributed by atoms with Gasteiger partial charge in [-0.25, -0.2) is 44.5 Å². The van der Waals surface area contributed by atoms with Crippen LogP contribution in [0, 0.1) is 0 Å². The quantitative estimate of drug-likeness (QED) is 0.0229. The average Bonchev–Trinajstić information content (AvgIpc) is 0.757. The maximum absolute atomic E-state index is 13.9. The lowest BCUT2D eigenvalue weighted by Crippen LogP contribution is -2.60. The SMILES string of the molecule is CCCCCCCCCC(O)=NC1C(Oc2c3cc4cc2Oc2c(Cl)cc(cc2Cl)C(O)C2N=C(O)C(N=C(O)C4N=C(O)C4N=C(O)C(N=C(O)C(NC)c5ccc(O)c(c5)Oc5cc(O)c(Cl)c4c5)C(O)c4ccc(c(Cl)c4)O3)c3ccc(O)c(c3)-c3c(OC4OC(CO)C(O)C(O)C4O)cc(O)cc3C(C(=O)O)N=C2O)OC(C(=O)O)C(O)C1O. The summed E-state index contributed by atoms with van der Waals surface area (Å²) in [5.41, 5.74) is -4.29. The summed E-state index contributed by atoms with van der Waals surface area (Å²) in [5, 5.41) is 250. The molecule has 2 fully saturated rings. The van der Waals surface area contributed by atoms with Crippen LogP contribution < -0.4 is 29.0 Å². The van der Waals surface area contributed by atoms with Crippen molar-refractivity contribution in [2.45, 2.75) is 174 Å². The monoisotopic (exact) mass is 1790 g/mol. The number of aliphatic carboxylic acids is 2. The van der Waals surface area contributed by atoms with Crippen LogP contribution in [0.3, 0.4) is 0 Å². The van der Waals surface area contributed by atoms with E-state index in [-0.39, 0.29) is 23.3 Å². The summed E-state index contributed by atoms with van der Waals surface area (Å²) in [6.07, 6.45) is -18.7. The molecule has 0 aliphatic carbocycles. The molecule has 19 unspecified atom stereocenters. The van der Waals surface area contributed by atoms with Crippen LogP contribution in [0.1, 0.15) is 140 Å². The molecule has 22 N–H and O–H groups in total. The first-order valence-corrected chi connectivity index (χ1v) is 39.6. The number of likely N-dealkylation sites (N-methyl/N-ethyl adjacent to an activating group) is 1. The number of rotatable bonds is 17. The second-order valence-electron chi connectivity index (χ2n) is 29.4. The minimum atomic E-state index is -2.58. The van der Waals surface area contributed by atoms with E-state index in [1.54, 1.807) is 0 Å². The van der Waals surface area contributed by atoms with Crippen LogP contribution in [0.5, 0.6) is 69.0 Å². The normalized spacial score (nSPS) is 27.2. The van der Waals surface area contributed by atoms with Gasteiger partial charge < -0.3 is 146 Å². The largest absolute Gasteiger partial charge is 0.508 e. The molecule has 38 nitrogen and oxygen atoms in total. The van der Waals surface area contributed by atoms with Crippen LogP contribution in [0.15, 0.2) is 138 Å². The summed E-state index contributed by atoms with van der Waals surface area (Å²) in [6, 6.07) is -0.857. The number of aliphatic hydroxyl groups excluding tert-OH is 15. The van der Waals surface area contributed by atoms with Gasteiger partial charge in [0.15, 0.2) is 77.0 Å². The van der Waals surface area contributed by atoms with Crippen molar-refractivity contribution in [2.75, 3.05) is 13.7 Å². The van der Waals surface area contributed by atoms with Gasteiger partial charge in [0, 0.05) is 40.8 Å². The smallest absolute Gasteiger partial charge is 0.335 e. The van der Waals surface area contributed by atoms with Crippen LogP contribution in [0.25, 0.3) is 11.1 Å². The Hall–Kier alpha value is -11.3. The molecule has 17 bridgehead atoms. The van der Waals surface area contributed by atoms with Crippen molar-refractivity contribution < 1.29 is 150 Å². The number of aromatic hydroxyl groups is 4. The molecule has 654 valence electrons. The third-order valence-corrected chi connectivity index (χ3v) is 22.3. The van der Waals surface area contributed by atoms with E-state index in [0.29, 0.717) is 12.8 Å². The Balaban J connectivity index is 1.13. The molecular formula is C81H82Cl4N8O30. The molecule has 2 saturated heterocycles. The zero-order valence-electron chi connectivity index (χ0n) is 64.4. The van der Waals surface area contributed by atoms with Crippen molar-refractivity contribution in [2.24, 2.45) is 34.9 Å². The first-order valence-electron chi connectivity index (χ1n) is 38.1. The number of hydrogen-bond donors (Lipinski definition) is 22. The third kappa shape index (κ3) is 18.7. The number of benzene rings is 7. The van der Waals surface area contributed by atoms with Crippen molar-refractivity contribution in [1.29, 1.82) is 0 Å². The number of carboxylic acid groups (broad SMARTS) is 2. The minimum Gasteiger partial charge on any atom is -0.508 e. The number of nitrogens with one attached hydrogen (secondary N) is 1. The molecule has 0 saturated carbocycles.